The van der Waals surface area contributed by atoms with E-state index in [1.54, 1.807) is 0 Å². The zero-order valence-corrected chi connectivity index (χ0v) is 11.5. The molecule has 1 fully saturated rings. The lowest BCUT2D eigenvalue weighted by Crippen LogP contribution is -2.50. The SMILES string of the molecule is COc1cc(C(=O)NC2(CC(=O)O)CCOC2)ccc1F. The van der Waals surface area contributed by atoms with Crippen molar-refractivity contribution < 1.29 is 28.6 Å². The third-order valence-corrected chi connectivity index (χ3v) is 3.38. The number of carbonyl (C=O) groups excluding carboxylic acids is 1. The molecule has 0 saturated carbocycles. The number of rotatable bonds is 5. The predicted octanol–water partition coefficient (Wildman–Crippen LogP) is 1.20. The van der Waals surface area contributed by atoms with Crippen molar-refractivity contribution in [3.05, 3.63) is 29.6 Å². The van der Waals surface area contributed by atoms with E-state index in [1.165, 1.54) is 19.2 Å². The molecule has 1 amide bonds. The second-order valence-electron chi connectivity index (χ2n) is 4.96. The van der Waals surface area contributed by atoms with Crippen LogP contribution >= 0.6 is 0 Å². The highest BCUT2D eigenvalue weighted by atomic mass is 19.1. The maximum absolute atomic E-state index is 13.3. The molecule has 1 atom stereocenters. The molecule has 1 aromatic carbocycles. The summed E-state index contributed by atoms with van der Waals surface area (Å²) in [4.78, 5) is 23.2. The van der Waals surface area contributed by atoms with E-state index in [2.05, 4.69) is 5.32 Å². The highest BCUT2D eigenvalue weighted by Crippen LogP contribution is 2.24. The quantitative estimate of drug-likeness (QED) is 0.853. The molecular formula is C14H16FNO5. The van der Waals surface area contributed by atoms with Gasteiger partial charge in [-0.05, 0) is 24.6 Å². The van der Waals surface area contributed by atoms with Crippen molar-refractivity contribution in [1.29, 1.82) is 0 Å². The zero-order chi connectivity index (χ0) is 15.5. The minimum Gasteiger partial charge on any atom is -0.494 e. The Morgan fingerprint density at radius 1 is 1.52 bits per heavy atom. The van der Waals surface area contributed by atoms with Gasteiger partial charge in [-0.25, -0.2) is 4.39 Å². The van der Waals surface area contributed by atoms with Crippen LogP contribution in [0.25, 0.3) is 0 Å². The fourth-order valence-corrected chi connectivity index (χ4v) is 2.29. The maximum Gasteiger partial charge on any atom is 0.305 e. The van der Waals surface area contributed by atoms with Gasteiger partial charge in [0.25, 0.3) is 5.91 Å². The molecule has 1 unspecified atom stereocenters. The van der Waals surface area contributed by atoms with E-state index in [0.29, 0.717) is 13.0 Å². The first-order chi connectivity index (χ1) is 9.96. The average Bonchev–Trinajstić information content (AvgIpc) is 2.86. The molecule has 1 aliphatic rings. The summed E-state index contributed by atoms with van der Waals surface area (Å²) < 4.78 is 23.4. The summed E-state index contributed by atoms with van der Waals surface area (Å²) in [7, 11) is 1.30. The number of carboxylic acid groups (broad SMARTS) is 1. The average molecular weight is 297 g/mol. The summed E-state index contributed by atoms with van der Waals surface area (Å²) in [6.07, 6.45) is 0.195. The zero-order valence-electron chi connectivity index (χ0n) is 11.5. The molecule has 1 heterocycles. The smallest absolute Gasteiger partial charge is 0.305 e. The van der Waals surface area contributed by atoms with Crippen LogP contribution in [0.3, 0.4) is 0 Å². The summed E-state index contributed by atoms with van der Waals surface area (Å²) in [6, 6.07) is 3.72. The number of methoxy groups -OCH3 is 1. The summed E-state index contributed by atoms with van der Waals surface area (Å²) in [6.45, 7) is 0.531. The monoisotopic (exact) mass is 297 g/mol. The minimum atomic E-state index is -1.02. The second kappa shape index (κ2) is 6.09. The fraction of sp³-hybridized carbons (Fsp3) is 0.429. The Morgan fingerprint density at radius 3 is 2.86 bits per heavy atom. The Bertz CT molecular complexity index is 554. The molecule has 1 saturated heterocycles. The third kappa shape index (κ3) is 3.49. The molecule has 0 spiro atoms. The fourth-order valence-electron chi connectivity index (χ4n) is 2.29. The molecule has 114 valence electrons. The standard InChI is InChI=1S/C14H16FNO5/c1-20-11-6-9(2-3-10(11)15)13(19)16-14(7-12(17)18)4-5-21-8-14/h2-3,6H,4-5,7-8H2,1H3,(H,16,19)(H,17,18). The molecule has 7 heteroatoms. The van der Waals surface area contributed by atoms with Crippen LogP contribution < -0.4 is 10.1 Å². The molecular weight excluding hydrogens is 281 g/mol. The molecule has 2 rings (SSSR count). The Morgan fingerprint density at radius 2 is 2.29 bits per heavy atom. The molecule has 0 bridgehead atoms. The Balaban J connectivity index is 2.17. The number of aliphatic carboxylic acids is 1. The molecule has 1 aromatic rings. The minimum absolute atomic E-state index is 0.0439. The predicted molar refractivity (Wildman–Crippen MR) is 70.8 cm³/mol. The van der Waals surface area contributed by atoms with Gasteiger partial charge in [0.2, 0.25) is 0 Å². The summed E-state index contributed by atoms with van der Waals surface area (Å²) in [5.74, 6) is -2.12. The molecule has 0 radical (unpaired) electrons. The lowest BCUT2D eigenvalue weighted by Gasteiger charge is -2.27. The highest BCUT2D eigenvalue weighted by Gasteiger charge is 2.38. The van der Waals surface area contributed by atoms with E-state index in [9.17, 15) is 14.0 Å². The number of carbonyl (C=O) groups is 2. The van der Waals surface area contributed by atoms with Gasteiger partial charge in [0.15, 0.2) is 11.6 Å². The number of amides is 1. The van der Waals surface area contributed by atoms with Crippen LogP contribution in [0.15, 0.2) is 18.2 Å². The van der Waals surface area contributed by atoms with E-state index < -0.39 is 23.2 Å². The topological polar surface area (TPSA) is 84.9 Å². The number of ether oxygens (including phenoxy) is 2. The van der Waals surface area contributed by atoms with Crippen molar-refractivity contribution >= 4 is 11.9 Å². The van der Waals surface area contributed by atoms with Gasteiger partial charge in [0.1, 0.15) is 0 Å². The van der Waals surface area contributed by atoms with E-state index >= 15 is 0 Å². The van der Waals surface area contributed by atoms with E-state index in [-0.39, 0.29) is 24.3 Å². The van der Waals surface area contributed by atoms with Crippen molar-refractivity contribution in [3.8, 4) is 5.75 Å². The van der Waals surface area contributed by atoms with Crippen molar-refractivity contribution in [2.24, 2.45) is 0 Å². The van der Waals surface area contributed by atoms with Crippen LogP contribution in [0.4, 0.5) is 4.39 Å². The number of hydrogen-bond acceptors (Lipinski definition) is 4. The Labute approximate surface area is 120 Å². The molecule has 0 aliphatic carbocycles. The largest absolute Gasteiger partial charge is 0.494 e. The second-order valence-corrected chi connectivity index (χ2v) is 4.96. The third-order valence-electron chi connectivity index (χ3n) is 3.38. The number of benzene rings is 1. The van der Waals surface area contributed by atoms with Crippen LogP contribution in [-0.4, -0.2) is 42.8 Å². The van der Waals surface area contributed by atoms with Gasteiger partial charge < -0.3 is 19.9 Å². The van der Waals surface area contributed by atoms with E-state index in [0.717, 1.165) is 6.07 Å². The van der Waals surface area contributed by atoms with Gasteiger partial charge in [-0.3, -0.25) is 9.59 Å². The van der Waals surface area contributed by atoms with Crippen molar-refractivity contribution in [2.75, 3.05) is 20.3 Å². The number of halogens is 1. The van der Waals surface area contributed by atoms with Crippen LogP contribution in [-0.2, 0) is 9.53 Å². The molecule has 2 N–H and O–H groups in total. The van der Waals surface area contributed by atoms with Gasteiger partial charge in [0.05, 0.1) is 25.7 Å². The van der Waals surface area contributed by atoms with Crippen LogP contribution in [0.2, 0.25) is 0 Å². The highest BCUT2D eigenvalue weighted by molar-refractivity contribution is 5.95. The van der Waals surface area contributed by atoms with E-state index in [4.69, 9.17) is 14.6 Å². The maximum atomic E-state index is 13.3. The van der Waals surface area contributed by atoms with Gasteiger partial charge >= 0.3 is 5.97 Å². The van der Waals surface area contributed by atoms with Gasteiger partial charge in [-0.15, -0.1) is 0 Å². The lowest BCUT2D eigenvalue weighted by molar-refractivity contribution is -0.138. The number of carboxylic acids is 1. The van der Waals surface area contributed by atoms with Crippen LogP contribution in [0.5, 0.6) is 5.75 Å². The first kappa shape index (κ1) is 15.2. The van der Waals surface area contributed by atoms with E-state index in [1.807, 2.05) is 0 Å². The normalized spacial score (nSPS) is 21.0. The summed E-state index contributed by atoms with van der Waals surface area (Å²) in [5.41, 5.74) is -0.727. The Kier molecular flexibility index (Phi) is 4.42. The number of hydrogen-bond donors (Lipinski definition) is 2. The molecule has 6 nitrogen and oxygen atoms in total. The van der Waals surface area contributed by atoms with Crippen LogP contribution in [0, 0.1) is 5.82 Å². The molecule has 21 heavy (non-hydrogen) atoms. The molecule has 0 aromatic heterocycles. The molecule has 1 aliphatic heterocycles. The summed E-state index contributed by atoms with van der Waals surface area (Å²) in [5, 5.41) is 11.7. The van der Waals surface area contributed by atoms with Crippen molar-refractivity contribution in [2.45, 2.75) is 18.4 Å². The van der Waals surface area contributed by atoms with Crippen molar-refractivity contribution in [1.82, 2.24) is 5.32 Å². The van der Waals surface area contributed by atoms with Crippen LogP contribution in [0.1, 0.15) is 23.2 Å². The van der Waals surface area contributed by atoms with Crippen molar-refractivity contribution in [3.63, 3.8) is 0 Å². The first-order valence-corrected chi connectivity index (χ1v) is 6.41. The first-order valence-electron chi connectivity index (χ1n) is 6.41. The lowest BCUT2D eigenvalue weighted by atomic mass is 9.93. The summed E-state index contributed by atoms with van der Waals surface area (Å²) >= 11 is 0. The van der Waals surface area contributed by atoms with Gasteiger partial charge in [0, 0.05) is 12.2 Å². The number of nitrogens with one attached hydrogen (secondary N) is 1. The van der Waals surface area contributed by atoms with Gasteiger partial charge in [-0.1, -0.05) is 0 Å². The van der Waals surface area contributed by atoms with Gasteiger partial charge in [-0.2, -0.15) is 0 Å². The Hall–Kier alpha value is -2.15.